The Bertz CT molecular complexity index is 602. The molecule has 2 aromatic carbocycles. The zero-order valence-electron chi connectivity index (χ0n) is 15.2. The van der Waals surface area contributed by atoms with Gasteiger partial charge < -0.3 is 10.2 Å². The molecule has 0 saturated carbocycles. The second kappa shape index (κ2) is 7.46. The molecule has 3 fully saturated rings. The molecule has 4 nitrogen and oxygen atoms in total. The molecular weight excluding hydrogens is 312 g/mol. The Morgan fingerprint density at radius 1 is 0.600 bits per heavy atom. The number of phenols is 2. The van der Waals surface area contributed by atoms with Crippen LogP contribution in [0.25, 0.3) is 0 Å². The van der Waals surface area contributed by atoms with E-state index in [1.165, 1.54) is 39.3 Å². The summed E-state index contributed by atoms with van der Waals surface area (Å²) in [5.74, 6) is 0.547. The first-order chi connectivity index (χ1) is 11.9. The van der Waals surface area contributed by atoms with Gasteiger partial charge in [-0.15, -0.1) is 0 Å². The van der Waals surface area contributed by atoms with Crippen molar-refractivity contribution in [3.05, 3.63) is 59.7 Å². The van der Waals surface area contributed by atoms with Crippen LogP contribution in [0.4, 0.5) is 0 Å². The number of piperazine rings is 3. The number of hydrogen-bond donors (Lipinski definition) is 2. The molecule has 4 heteroatoms. The van der Waals surface area contributed by atoms with Crippen LogP contribution in [0.1, 0.15) is 25.0 Å². The fourth-order valence-corrected chi connectivity index (χ4v) is 3.44. The molecule has 5 rings (SSSR count). The summed E-state index contributed by atoms with van der Waals surface area (Å²) in [6, 6.07) is 14.4. The molecule has 0 radical (unpaired) electrons. The van der Waals surface area contributed by atoms with Crippen molar-refractivity contribution in [2.24, 2.45) is 0 Å². The van der Waals surface area contributed by atoms with Crippen LogP contribution in [-0.4, -0.2) is 59.3 Å². The first-order valence-electron chi connectivity index (χ1n) is 8.99. The number of rotatable bonds is 2. The molecule has 3 aliphatic heterocycles. The predicted molar refractivity (Wildman–Crippen MR) is 101 cm³/mol. The van der Waals surface area contributed by atoms with E-state index in [-0.39, 0.29) is 16.9 Å². The van der Waals surface area contributed by atoms with Gasteiger partial charge >= 0.3 is 0 Å². The lowest BCUT2D eigenvalue weighted by molar-refractivity contribution is 0.0647. The molecule has 0 atom stereocenters. The molecule has 0 spiro atoms. The third-order valence-electron chi connectivity index (χ3n) is 5.38. The Morgan fingerprint density at radius 2 is 0.880 bits per heavy atom. The van der Waals surface area contributed by atoms with E-state index in [2.05, 4.69) is 23.6 Å². The molecule has 3 aliphatic rings. The minimum absolute atomic E-state index is 0.151. The lowest BCUT2D eigenvalue weighted by Crippen LogP contribution is -2.55. The van der Waals surface area contributed by atoms with E-state index in [1.807, 2.05) is 24.3 Å². The third-order valence-corrected chi connectivity index (χ3v) is 5.38. The van der Waals surface area contributed by atoms with Gasteiger partial charge in [0.25, 0.3) is 0 Å². The van der Waals surface area contributed by atoms with Crippen LogP contribution < -0.4 is 0 Å². The standard InChI is InChI=1S/C15H16O2.C6H12N2/c1-15(2,11-3-7-13(16)8-4-11)12-5-9-14(17)10-6-12;1-2-8-5-3-7(1)4-6-8/h3-10,16-17H,1-2H3;1-6H2. The van der Waals surface area contributed by atoms with Gasteiger partial charge in [-0.3, -0.25) is 9.80 Å². The molecule has 0 amide bonds. The summed E-state index contributed by atoms with van der Waals surface area (Å²) in [5.41, 5.74) is 2.10. The van der Waals surface area contributed by atoms with Crippen molar-refractivity contribution in [3.63, 3.8) is 0 Å². The lowest BCUT2D eigenvalue weighted by Gasteiger charge is -2.41. The van der Waals surface area contributed by atoms with E-state index in [0.717, 1.165) is 11.1 Å². The molecule has 0 aromatic heterocycles. The third kappa shape index (κ3) is 4.33. The molecule has 2 bridgehead atoms. The zero-order chi connectivity index (χ0) is 17.9. The van der Waals surface area contributed by atoms with Crippen molar-refractivity contribution in [2.45, 2.75) is 19.3 Å². The average molecular weight is 340 g/mol. The number of phenolic OH excluding ortho intramolecular Hbond substituents is 2. The second-order valence-electron chi connectivity index (χ2n) is 7.40. The summed E-state index contributed by atoms with van der Waals surface area (Å²) >= 11 is 0. The van der Waals surface area contributed by atoms with Crippen LogP contribution in [0.3, 0.4) is 0 Å². The van der Waals surface area contributed by atoms with E-state index in [0.29, 0.717) is 0 Å². The molecule has 25 heavy (non-hydrogen) atoms. The quantitative estimate of drug-likeness (QED) is 0.882. The molecule has 0 unspecified atom stereocenters. The van der Waals surface area contributed by atoms with Crippen molar-refractivity contribution >= 4 is 0 Å². The highest BCUT2D eigenvalue weighted by Crippen LogP contribution is 2.32. The Labute approximate surface area is 150 Å². The van der Waals surface area contributed by atoms with Crippen molar-refractivity contribution in [1.29, 1.82) is 0 Å². The maximum absolute atomic E-state index is 9.30. The monoisotopic (exact) mass is 340 g/mol. The highest BCUT2D eigenvalue weighted by atomic mass is 16.3. The Balaban J connectivity index is 0.000000188. The smallest absolute Gasteiger partial charge is 0.115 e. The number of benzene rings is 2. The fourth-order valence-electron chi connectivity index (χ4n) is 3.44. The van der Waals surface area contributed by atoms with E-state index in [9.17, 15) is 10.2 Å². The summed E-state index contributed by atoms with van der Waals surface area (Å²) in [7, 11) is 0. The summed E-state index contributed by atoms with van der Waals surface area (Å²) in [6.07, 6.45) is 0. The molecule has 3 heterocycles. The van der Waals surface area contributed by atoms with Crippen LogP contribution >= 0.6 is 0 Å². The van der Waals surface area contributed by atoms with E-state index in [1.54, 1.807) is 24.3 Å². The first-order valence-corrected chi connectivity index (χ1v) is 8.99. The molecule has 0 aliphatic carbocycles. The van der Waals surface area contributed by atoms with Crippen LogP contribution in [0.5, 0.6) is 11.5 Å². The summed E-state index contributed by atoms with van der Waals surface area (Å²) in [6.45, 7) is 12.2. The zero-order valence-corrected chi connectivity index (χ0v) is 15.2. The van der Waals surface area contributed by atoms with Crippen LogP contribution in [0.15, 0.2) is 48.5 Å². The predicted octanol–water partition coefficient (Wildman–Crippen LogP) is 3.04. The van der Waals surface area contributed by atoms with Gasteiger partial charge in [0.2, 0.25) is 0 Å². The highest BCUT2D eigenvalue weighted by Gasteiger charge is 2.23. The van der Waals surface area contributed by atoms with Gasteiger partial charge in [-0.1, -0.05) is 38.1 Å². The minimum Gasteiger partial charge on any atom is -0.508 e. The second-order valence-corrected chi connectivity index (χ2v) is 7.40. The number of fused-ring (bicyclic) bond motifs is 3. The van der Waals surface area contributed by atoms with E-state index >= 15 is 0 Å². The Hall–Kier alpha value is -2.04. The largest absolute Gasteiger partial charge is 0.508 e. The van der Waals surface area contributed by atoms with Crippen LogP contribution in [0.2, 0.25) is 0 Å². The maximum atomic E-state index is 9.30. The first kappa shape index (κ1) is 17.8. The Kier molecular flexibility index (Phi) is 5.30. The SMILES string of the molecule is C1CN2CCN1CC2.CC(C)(c1ccc(O)cc1)c1ccc(O)cc1. The van der Waals surface area contributed by atoms with Gasteiger partial charge in [-0.2, -0.15) is 0 Å². The topological polar surface area (TPSA) is 46.9 Å². The van der Waals surface area contributed by atoms with Crippen molar-refractivity contribution in [2.75, 3.05) is 39.3 Å². The lowest BCUT2D eigenvalue weighted by atomic mass is 9.78. The fraction of sp³-hybridized carbons (Fsp3) is 0.429. The summed E-state index contributed by atoms with van der Waals surface area (Å²) in [5, 5.41) is 18.6. The number of nitrogens with zero attached hydrogens (tertiary/aromatic N) is 2. The normalized spacial score (nSPS) is 22.2. The molecular formula is C21H28N2O2. The molecule has 134 valence electrons. The van der Waals surface area contributed by atoms with Gasteiger partial charge in [0.15, 0.2) is 0 Å². The minimum atomic E-state index is -0.151. The molecule has 2 aromatic rings. The molecule has 2 N–H and O–H groups in total. The summed E-state index contributed by atoms with van der Waals surface area (Å²) < 4.78 is 0. The van der Waals surface area contributed by atoms with Gasteiger partial charge in [-0.25, -0.2) is 0 Å². The van der Waals surface area contributed by atoms with Gasteiger partial charge in [0, 0.05) is 44.7 Å². The highest BCUT2D eigenvalue weighted by molar-refractivity contribution is 5.41. The van der Waals surface area contributed by atoms with Crippen molar-refractivity contribution < 1.29 is 10.2 Å². The van der Waals surface area contributed by atoms with Crippen LogP contribution in [0, 0.1) is 0 Å². The van der Waals surface area contributed by atoms with Gasteiger partial charge in [0.1, 0.15) is 11.5 Å². The van der Waals surface area contributed by atoms with E-state index < -0.39 is 0 Å². The average Bonchev–Trinajstić information content (AvgIpc) is 2.65. The van der Waals surface area contributed by atoms with Gasteiger partial charge in [-0.05, 0) is 35.4 Å². The van der Waals surface area contributed by atoms with Crippen molar-refractivity contribution in [3.8, 4) is 11.5 Å². The van der Waals surface area contributed by atoms with E-state index in [4.69, 9.17) is 0 Å². The summed E-state index contributed by atoms with van der Waals surface area (Å²) in [4.78, 5) is 5.08. The number of hydrogen-bond acceptors (Lipinski definition) is 4. The Morgan fingerprint density at radius 3 is 1.12 bits per heavy atom. The maximum Gasteiger partial charge on any atom is 0.115 e. The van der Waals surface area contributed by atoms with Crippen LogP contribution in [-0.2, 0) is 5.41 Å². The number of aromatic hydroxyl groups is 2. The van der Waals surface area contributed by atoms with Gasteiger partial charge in [0.05, 0.1) is 0 Å². The molecule has 3 saturated heterocycles. The van der Waals surface area contributed by atoms with Crippen molar-refractivity contribution in [1.82, 2.24) is 9.80 Å².